The Balaban J connectivity index is 1.27. The van der Waals surface area contributed by atoms with Crippen LogP contribution in [0.5, 0.6) is 34.5 Å². The smallest absolute Gasteiger partial charge is 0.200 e. The number of phenols is 1. The van der Waals surface area contributed by atoms with Crippen molar-refractivity contribution in [3.05, 3.63) is 52.1 Å². The fourth-order valence-corrected chi connectivity index (χ4v) is 9.24. The second kappa shape index (κ2) is 13.0. The quantitative estimate of drug-likeness (QED) is 0.160. The van der Waals surface area contributed by atoms with Crippen molar-refractivity contribution < 1.29 is 39.0 Å². The van der Waals surface area contributed by atoms with Crippen LogP contribution in [0.3, 0.4) is 0 Å². The van der Waals surface area contributed by atoms with Crippen LogP contribution in [0.25, 0.3) is 11.1 Å². The Bertz CT molecular complexity index is 1770. The lowest BCUT2D eigenvalue weighted by molar-refractivity contribution is -0.0845. The van der Waals surface area contributed by atoms with Crippen molar-refractivity contribution in [2.24, 2.45) is 5.92 Å². The third-order valence-corrected chi connectivity index (χ3v) is 11.7. The number of methoxy groups -OCH3 is 2. The van der Waals surface area contributed by atoms with E-state index in [1.165, 1.54) is 20.6 Å². The van der Waals surface area contributed by atoms with E-state index >= 15 is 0 Å². The van der Waals surface area contributed by atoms with Crippen molar-refractivity contribution in [3.63, 3.8) is 0 Å². The molecular formula is C39H49N3O8. The van der Waals surface area contributed by atoms with E-state index in [1.807, 2.05) is 19.2 Å². The Morgan fingerprint density at radius 1 is 0.920 bits per heavy atom. The molecule has 3 aromatic rings. The van der Waals surface area contributed by atoms with Gasteiger partial charge in [0.25, 0.3) is 0 Å². The number of anilines is 1. The number of rotatable bonds is 9. The lowest BCUT2D eigenvalue weighted by atomic mass is 9.73. The number of benzene rings is 3. The summed E-state index contributed by atoms with van der Waals surface area (Å²) in [6.07, 6.45) is 5.92. The van der Waals surface area contributed by atoms with Crippen molar-refractivity contribution in [1.82, 2.24) is 10.6 Å². The second-order valence-electron chi connectivity index (χ2n) is 14.5. The number of aliphatic hydroxyl groups is 2. The molecule has 268 valence electrons. The molecule has 6 atom stereocenters. The van der Waals surface area contributed by atoms with Crippen LogP contribution < -0.4 is 39.6 Å². The van der Waals surface area contributed by atoms with E-state index in [1.54, 1.807) is 12.1 Å². The molecule has 3 heterocycles. The molecule has 11 heteroatoms. The van der Waals surface area contributed by atoms with Gasteiger partial charge in [0, 0.05) is 70.9 Å². The number of hydrogen-bond donors (Lipinski definition) is 6. The maximum Gasteiger partial charge on any atom is 0.200 e. The van der Waals surface area contributed by atoms with Gasteiger partial charge in [0.15, 0.2) is 23.5 Å². The van der Waals surface area contributed by atoms with E-state index in [4.69, 9.17) is 23.7 Å². The van der Waals surface area contributed by atoms with Gasteiger partial charge in [-0.15, -0.1) is 0 Å². The van der Waals surface area contributed by atoms with Gasteiger partial charge in [-0.2, -0.15) is 0 Å². The van der Waals surface area contributed by atoms with Gasteiger partial charge in [0.1, 0.15) is 23.9 Å². The average Bonchev–Trinajstić information content (AvgIpc) is 3.11. The number of likely N-dealkylation sites (N-methyl/N-ethyl adjacent to an activating group) is 1. The predicted molar refractivity (Wildman–Crippen MR) is 189 cm³/mol. The third kappa shape index (κ3) is 5.32. The van der Waals surface area contributed by atoms with Crippen molar-refractivity contribution in [2.45, 2.75) is 88.3 Å². The SMILES string of the molecule is CNCCOc1cc(OC23CCCCC2CCC(C)N3)c2c3c1CCc1c-3c(cc3c1C(O)C(c1cc(OC)c(O)c(OC)c1)CO3)NC2O. The van der Waals surface area contributed by atoms with Crippen LogP contribution in [0.1, 0.15) is 91.5 Å². The van der Waals surface area contributed by atoms with Crippen LogP contribution in [0, 0.1) is 5.92 Å². The van der Waals surface area contributed by atoms with Crippen LogP contribution in [-0.4, -0.2) is 68.1 Å². The minimum Gasteiger partial charge on any atom is -0.502 e. The average molecular weight is 688 g/mol. The summed E-state index contributed by atoms with van der Waals surface area (Å²) in [5.74, 6) is 2.37. The molecule has 6 N–H and O–H groups in total. The highest BCUT2D eigenvalue weighted by Gasteiger charge is 2.48. The Morgan fingerprint density at radius 2 is 1.70 bits per heavy atom. The molecule has 5 aliphatic rings. The van der Waals surface area contributed by atoms with Crippen LogP contribution in [0.4, 0.5) is 5.69 Å². The highest BCUT2D eigenvalue weighted by molar-refractivity contribution is 5.93. The standard InChI is InChI=1S/C39H49N3O8/c1-20-8-9-22-7-5-6-12-39(22,42-20)50-29-18-27(48-14-13-40-2)23-10-11-24-32-26(41-38(45)35(29)34(23)32)17-28-33(24)36(43)25(19-49-28)21-15-30(46-3)37(44)31(16-21)47-4/h15-18,20,22,25,36,38,40-45H,5-14,19H2,1-4H3. The molecule has 50 heavy (non-hydrogen) atoms. The molecule has 0 amide bonds. The Labute approximate surface area is 293 Å². The number of nitrogens with one attached hydrogen (secondary N) is 3. The van der Waals surface area contributed by atoms with Gasteiger partial charge in [0.2, 0.25) is 5.75 Å². The first-order valence-electron chi connectivity index (χ1n) is 18.1. The summed E-state index contributed by atoms with van der Waals surface area (Å²) in [7, 11) is 4.88. The lowest BCUT2D eigenvalue weighted by Gasteiger charge is -2.50. The van der Waals surface area contributed by atoms with Gasteiger partial charge in [0.05, 0.1) is 32.5 Å². The summed E-state index contributed by atoms with van der Waals surface area (Å²) in [5, 5.41) is 45.0. The van der Waals surface area contributed by atoms with E-state index in [-0.39, 0.29) is 23.9 Å². The fourth-order valence-electron chi connectivity index (χ4n) is 9.24. The Morgan fingerprint density at radius 3 is 2.46 bits per heavy atom. The number of ether oxygens (including phenoxy) is 5. The van der Waals surface area contributed by atoms with Gasteiger partial charge in [-0.3, -0.25) is 5.32 Å². The molecule has 2 aliphatic carbocycles. The van der Waals surface area contributed by atoms with E-state index in [2.05, 4.69) is 22.9 Å². The molecule has 11 nitrogen and oxygen atoms in total. The van der Waals surface area contributed by atoms with Crippen molar-refractivity contribution >= 4 is 5.69 Å². The zero-order valence-electron chi connectivity index (χ0n) is 29.4. The van der Waals surface area contributed by atoms with Gasteiger partial charge in [-0.25, -0.2) is 0 Å². The summed E-state index contributed by atoms with van der Waals surface area (Å²) in [4.78, 5) is 0. The number of aromatic hydroxyl groups is 1. The number of piperidine rings is 1. The molecule has 0 spiro atoms. The third-order valence-electron chi connectivity index (χ3n) is 11.7. The second-order valence-corrected chi connectivity index (χ2v) is 14.5. The molecule has 6 unspecified atom stereocenters. The first-order valence-corrected chi connectivity index (χ1v) is 18.1. The van der Waals surface area contributed by atoms with E-state index < -0.39 is 24.0 Å². The topological polar surface area (TPSA) is 143 Å². The molecule has 3 aromatic carbocycles. The van der Waals surface area contributed by atoms with Crippen molar-refractivity contribution in [1.29, 1.82) is 0 Å². The zero-order valence-corrected chi connectivity index (χ0v) is 29.4. The summed E-state index contributed by atoms with van der Waals surface area (Å²) in [6.45, 7) is 3.62. The maximum atomic E-state index is 12.2. The zero-order chi connectivity index (χ0) is 34.7. The summed E-state index contributed by atoms with van der Waals surface area (Å²) < 4.78 is 30.9. The van der Waals surface area contributed by atoms with Crippen LogP contribution in [-0.2, 0) is 12.8 Å². The van der Waals surface area contributed by atoms with Crippen molar-refractivity contribution in [3.8, 4) is 45.6 Å². The molecule has 1 saturated heterocycles. The molecule has 0 aromatic heterocycles. The first kappa shape index (κ1) is 33.3. The monoisotopic (exact) mass is 687 g/mol. The first-order chi connectivity index (χ1) is 24.3. The minimum absolute atomic E-state index is 0.0916. The molecule has 3 aliphatic heterocycles. The highest BCUT2D eigenvalue weighted by atomic mass is 16.5. The van der Waals surface area contributed by atoms with Gasteiger partial charge < -0.3 is 49.6 Å². The highest BCUT2D eigenvalue weighted by Crippen LogP contribution is 2.58. The number of phenolic OH excluding ortho intramolecular Hbond substituents is 1. The summed E-state index contributed by atoms with van der Waals surface area (Å²) >= 11 is 0. The summed E-state index contributed by atoms with van der Waals surface area (Å²) in [6, 6.07) is 7.69. The van der Waals surface area contributed by atoms with Gasteiger partial charge >= 0.3 is 0 Å². The Hall–Kier alpha value is -3.90. The van der Waals surface area contributed by atoms with Gasteiger partial charge in [-0.1, -0.05) is 6.42 Å². The number of hydrogen-bond acceptors (Lipinski definition) is 11. The van der Waals surface area contributed by atoms with Crippen LogP contribution in [0.2, 0.25) is 0 Å². The fraction of sp³-hybridized carbons (Fsp3) is 0.538. The van der Waals surface area contributed by atoms with E-state index in [9.17, 15) is 15.3 Å². The number of fused-ring (bicyclic) bond motifs is 3. The maximum absolute atomic E-state index is 12.2. The van der Waals surface area contributed by atoms with Gasteiger partial charge in [-0.05, 0) is 75.8 Å². The molecule has 1 saturated carbocycles. The summed E-state index contributed by atoms with van der Waals surface area (Å²) in [5.41, 5.74) is 6.31. The Kier molecular flexibility index (Phi) is 8.65. The van der Waals surface area contributed by atoms with Crippen LogP contribution in [0.15, 0.2) is 24.3 Å². The predicted octanol–water partition coefficient (Wildman–Crippen LogP) is 5.44. The molecule has 0 bridgehead atoms. The minimum atomic E-state index is -1.01. The molecule has 8 rings (SSSR count). The van der Waals surface area contributed by atoms with Crippen molar-refractivity contribution in [2.75, 3.05) is 46.3 Å². The largest absolute Gasteiger partial charge is 0.502 e. The van der Waals surface area contributed by atoms with E-state index in [0.29, 0.717) is 55.0 Å². The number of aliphatic hydroxyl groups excluding tert-OH is 2. The lowest BCUT2D eigenvalue weighted by Crippen LogP contribution is -2.63. The van der Waals surface area contributed by atoms with Crippen LogP contribution >= 0.6 is 0 Å². The molecule has 2 fully saturated rings. The molecule has 0 radical (unpaired) electrons. The normalized spacial score (nSPS) is 27.5. The van der Waals surface area contributed by atoms with E-state index in [0.717, 1.165) is 76.9 Å². The molecular weight excluding hydrogens is 638 g/mol.